The largest absolute Gasteiger partial charge is 0.461 e. The highest BCUT2D eigenvalue weighted by Crippen LogP contribution is 2.34. The Balaban J connectivity index is 2.49. The molecule has 0 saturated carbocycles. The van der Waals surface area contributed by atoms with E-state index in [1.807, 2.05) is 0 Å². The van der Waals surface area contributed by atoms with Crippen LogP contribution in [0.2, 0.25) is 0 Å². The molecule has 1 aromatic carbocycles. The minimum atomic E-state index is -3.00. The van der Waals surface area contributed by atoms with E-state index < -0.39 is 12.6 Å². The number of benzene rings is 1. The van der Waals surface area contributed by atoms with Gasteiger partial charge in [0.15, 0.2) is 5.69 Å². The second kappa shape index (κ2) is 6.61. The predicted molar refractivity (Wildman–Crippen MR) is 72.1 cm³/mol. The molecule has 0 bridgehead atoms. The van der Waals surface area contributed by atoms with Crippen LogP contribution < -0.4 is 4.74 Å². The van der Waals surface area contributed by atoms with Gasteiger partial charge in [0.05, 0.1) is 6.61 Å². The first kappa shape index (κ1) is 15.4. The Hall–Kier alpha value is -2.03. The molecule has 0 saturated heterocycles. The van der Waals surface area contributed by atoms with Crippen molar-refractivity contribution in [2.24, 2.45) is 0 Å². The molecule has 9 heteroatoms. The third kappa shape index (κ3) is 3.54. The van der Waals surface area contributed by atoms with Crippen LogP contribution >= 0.6 is 15.9 Å². The molecule has 21 heavy (non-hydrogen) atoms. The van der Waals surface area contributed by atoms with Gasteiger partial charge in [0.25, 0.3) is 0 Å². The number of carbonyl (C=O) groups excluding carboxylic acids is 1. The number of rotatable bonds is 5. The van der Waals surface area contributed by atoms with Gasteiger partial charge < -0.3 is 9.47 Å². The minimum absolute atomic E-state index is 0.0744. The van der Waals surface area contributed by atoms with Gasteiger partial charge in [-0.05, 0) is 25.1 Å². The van der Waals surface area contributed by atoms with Gasteiger partial charge in [0.1, 0.15) is 11.4 Å². The lowest BCUT2D eigenvalue weighted by molar-refractivity contribution is -0.0494. The Morgan fingerprint density at radius 1 is 1.43 bits per heavy atom. The number of aromatic amines is 1. The van der Waals surface area contributed by atoms with E-state index in [0.717, 1.165) is 0 Å². The van der Waals surface area contributed by atoms with Crippen LogP contribution in [-0.4, -0.2) is 34.6 Å². The van der Waals surface area contributed by atoms with Gasteiger partial charge in [0, 0.05) is 10.0 Å². The van der Waals surface area contributed by atoms with Crippen LogP contribution in [-0.2, 0) is 4.74 Å². The number of esters is 1. The lowest BCUT2D eigenvalue weighted by atomic mass is 10.1. The predicted octanol–water partition coefficient (Wildman–Crippen LogP) is 3.01. The fourth-order valence-electron chi connectivity index (χ4n) is 1.65. The number of hydrogen-bond donors (Lipinski definition) is 1. The Kier molecular flexibility index (Phi) is 4.84. The molecule has 1 N–H and O–H groups in total. The molecule has 0 spiro atoms. The Morgan fingerprint density at radius 2 is 2.19 bits per heavy atom. The number of nitrogens with one attached hydrogen (secondary N) is 1. The number of nitrogens with zero attached hydrogens (tertiary/aromatic N) is 2. The van der Waals surface area contributed by atoms with Gasteiger partial charge in [-0.2, -0.15) is 19.1 Å². The van der Waals surface area contributed by atoms with Gasteiger partial charge in [0.2, 0.25) is 0 Å². The van der Waals surface area contributed by atoms with Crippen molar-refractivity contribution in [1.82, 2.24) is 15.4 Å². The molecule has 0 unspecified atom stereocenters. The summed E-state index contributed by atoms with van der Waals surface area (Å²) in [5.41, 5.74) is 0.168. The molecule has 0 fully saturated rings. The lowest BCUT2D eigenvalue weighted by Gasteiger charge is -2.10. The summed E-state index contributed by atoms with van der Waals surface area (Å²) in [6, 6.07) is 4.37. The second-order valence-electron chi connectivity index (χ2n) is 3.76. The summed E-state index contributed by atoms with van der Waals surface area (Å²) in [5.74, 6) is -0.822. The summed E-state index contributed by atoms with van der Waals surface area (Å²) in [6.07, 6.45) is 0. The van der Waals surface area contributed by atoms with Crippen LogP contribution in [0.25, 0.3) is 11.3 Å². The summed E-state index contributed by atoms with van der Waals surface area (Å²) in [7, 11) is 0. The van der Waals surface area contributed by atoms with Gasteiger partial charge in [-0.1, -0.05) is 15.9 Å². The van der Waals surface area contributed by atoms with Gasteiger partial charge in [-0.3, -0.25) is 0 Å². The third-order valence-electron chi connectivity index (χ3n) is 2.43. The van der Waals surface area contributed by atoms with Crippen molar-refractivity contribution >= 4 is 21.9 Å². The van der Waals surface area contributed by atoms with Crippen molar-refractivity contribution in [1.29, 1.82) is 0 Å². The molecule has 6 nitrogen and oxygen atoms in total. The average Bonchev–Trinajstić information content (AvgIpc) is 2.89. The SMILES string of the molecule is CCOC(=O)c1n[nH]nc1-c1cc(Br)ccc1OC(F)F. The van der Waals surface area contributed by atoms with E-state index in [4.69, 9.17) is 4.74 Å². The maximum Gasteiger partial charge on any atom is 0.387 e. The highest BCUT2D eigenvalue weighted by molar-refractivity contribution is 9.10. The monoisotopic (exact) mass is 361 g/mol. The number of hydrogen-bond acceptors (Lipinski definition) is 5. The number of H-pyrrole nitrogens is 1. The minimum Gasteiger partial charge on any atom is -0.461 e. The number of ether oxygens (including phenoxy) is 2. The smallest absolute Gasteiger partial charge is 0.387 e. The van der Waals surface area contributed by atoms with Crippen LogP contribution in [0.4, 0.5) is 8.78 Å². The summed E-state index contributed by atoms with van der Waals surface area (Å²) in [5, 5.41) is 9.79. The van der Waals surface area contributed by atoms with Crippen molar-refractivity contribution in [2.45, 2.75) is 13.5 Å². The maximum atomic E-state index is 12.5. The van der Waals surface area contributed by atoms with Crippen molar-refractivity contribution in [3.63, 3.8) is 0 Å². The molecule has 0 aliphatic carbocycles. The van der Waals surface area contributed by atoms with E-state index in [2.05, 4.69) is 36.1 Å². The third-order valence-corrected chi connectivity index (χ3v) is 2.92. The van der Waals surface area contributed by atoms with Crippen molar-refractivity contribution < 1.29 is 23.0 Å². The van der Waals surface area contributed by atoms with Gasteiger partial charge >= 0.3 is 12.6 Å². The Morgan fingerprint density at radius 3 is 2.86 bits per heavy atom. The van der Waals surface area contributed by atoms with E-state index >= 15 is 0 Å². The molecule has 2 rings (SSSR count). The van der Waals surface area contributed by atoms with Crippen molar-refractivity contribution in [3.8, 4) is 17.0 Å². The Labute approximate surface area is 126 Å². The van der Waals surface area contributed by atoms with Crippen molar-refractivity contribution in [3.05, 3.63) is 28.4 Å². The normalized spacial score (nSPS) is 10.7. The zero-order chi connectivity index (χ0) is 15.4. The molecule has 0 atom stereocenters. The van der Waals surface area contributed by atoms with Crippen LogP contribution in [0.3, 0.4) is 0 Å². The lowest BCUT2D eigenvalue weighted by Crippen LogP contribution is -2.08. The molecular weight excluding hydrogens is 352 g/mol. The van der Waals surface area contributed by atoms with Gasteiger partial charge in [-0.15, -0.1) is 5.10 Å². The van der Waals surface area contributed by atoms with Crippen molar-refractivity contribution in [2.75, 3.05) is 6.61 Å². The average molecular weight is 362 g/mol. The number of aromatic nitrogens is 3. The number of halogens is 3. The molecule has 0 radical (unpaired) electrons. The highest BCUT2D eigenvalue weighted by atomic mass is 79.9. The standard InChI is InChI=1S/C12H10BrF2N3O3/c1-2-20-11(19)10-9(16-18-17-10)7-5-6(13)3-4-8(7)21-12(14)15/h3-5,12H,2H2,1H3,(H,16,17,18). The number of alkyl halides is 2. The summed E-state index contributed by atoms with van der Waals surface area (Å²) in [6.45, 7) is -1.20. The summed E-state index contributed by atoms with van der Waals surface area (Å²) < 4.78 is 34.8. The van der Waals surface area contributed by atoms with E-state index in [1.165, 1.54) is 18.2 Å². The highest BCUT2D eigenvalue weighted by Gasteiger charge is 2.23. The van der Waals surface area contributed by atoms with Crippen LogP contribution in [0, 0.1) is 0 Å². The first-order valence-electron chi connectivity index (χ1n) is 5.85. The fourth-order valence-corrected chi connectivity index (χ4v) is 2.01. The quantitative estimate of drug-likeness (QED) is 0.828. The summed E-state index contributed by atoms with van der Waals surface area (Å²) >= 11 is 3.22. The zero-order valence-electron chi connectivity index (χ0n) is 10.8. The molecule has 1 heterocycles. The van der Waals surface area contributed by atoms with E-state index in [-0.39, 0.29) is 29.3 Å². The first-order chi connectivity index (χ1) is 10.0. The molecule has 1 aromatic heterocycles. The molecule has 0 amide bonds. The van der Waals surface area contributed by atoms with Gasteiger partial charge in [-0.25, -0.2) is 4.79 Å². The van der Waals surface area contributed by atoms with Crippen LogP contribution in [0.1, 0.15) is 17.4 Å². The molecular formula is C12H10BrF2N3O3. The Bertz CT molecular complexity index is 648. The zero-order valence-corrected chi connectivity index (χ0v) is 12.4. The fraction of sp³-hybridized carbons (Fsp3) is 0.250. The summed E-state index contributed by atoms with van der Waals surface area (Å²) in [4.78, 5) is 11.8. The topological polar surface area (TPSA) is 77.1 Å². The molecule has 112 valence electrons. The number of carbonyl (C=O) groups is 1. The van der Waals surface area contributed by atoms with E-state index in [0.29, 0.717) is 4.47 Å². The van der Waals surface area contributed by atoms with Crippen LogP contribution in [0.5, 0.6) is 5.75 Å². The maximum absolute atomic E-state index is 12.5. The van der Waals surface area contributed by atoms with Crippen LogP contribution in [0.15, 0.2) is 22.7 Å². The first-order valence-corrected chi connectivity index (χ1v) is 6.64. The van der Waals surface area contributed by atoms with E-state index in [9.17, 15) is 13.6 Å². The molecule has 2 aromatic rings. The van der Waals surface area contributed by atoms with E-state index in [1.54, 1.807) is 6.92 Å². The second-order valence-corrected chi connectivity index (χ2v) is 4.68. The molecule has 0 aliphatic rings. The molecule has 0 aliphatic heterocycles.